The number of ether oxygens (including phenoxy) is 3. The van der Waals surface area contributed by atoms with E-state index in [1.54, 1.807) is 6.92 Å². The van der Waals surface area contributed by atoms with Gasteiger partial charge in [-0.25, -0.2) is 9.59 Å². The van der Waals surface area contributed by atoms with Gasteiger partial charge in [0.1, 0.15) is 22.2 Å². The molecule has 1 N–H and O–H groups in total. The quantitative estimate of drug-likeness (QED) is 0.303. The van der Waals surface area contributed by atoms with Gasteiger partial charge >= 0.3 is 11.9 Å². The summed E-state index contributed by atoms with van der Waals surface area (Å²) >= 11 is 2.17. The minimum Gasteiger partial charge on any atom is -0.485 e. The molecule has 0 bridgehead atoms. The molecule has 3 aromatic rings. The van der Waals surface area contributed by atoms with Crippen LogP contribution in [0.1, 0.15) is 49.5 Å². The first-order chi connectivity index (χ1) is 17.2. The minimum absolute atomic E-state index is 0.0151. The molecule has 192 valence electrons. The van der Waals surface area contributed by atoms with E-state index in [2.05, 4.69) is 21.6 Å². The smallest absolute Gasteiger partial charge is 0.348 e. The molecule has 3 rings (SSSR count). The zero-order valence-corrected chi connectivity index (χ0v) is 22.6. The molecule has 0 aliphatic heterocycles. The molecule has 0 aliphatic carbocycles. The Morgan fingerprint density at radius 2 is 1.81 bits per heavy atom. The normalized spacial score (nSPS) is 10.7. The predicted molar refractivity (Wildman–Crippen MR) is 137 cm³/mol. The predicted octanol–water partition coefficient (Wildman–Crippen LogP) is 4.17. The van der Waals surface area contributed by atoms with Crippen LogP contribution < -0.4 is 10.1 Å². The van der Waals surface area contributed by atoms with Crippen molar-refractivity contribution in [1.29, 1.82) is 0 Å². The zero-order valence-electron chi connectivity index (χ0n) is 21.0. The fourth-order valence-electron chi connectivity index (χ4n) is 3.48. The van der Waals surface area contributed by atoms with Crippen molar-refractivity contribution in [3.63, 3.8) is 0 Å². The number of carbonyl (C=O) groups is 3. The number of thiophene rings is 1. The second-order valence-electron chi connectivity index (χ2n) is 7.78. The third-order valence-corrected chi connectivity index (χ3v) is 7.44. The molecule has 0 fully saturated rings. The van der Waals surface area contributed by atoms with Crippen LogP contribution in [0.15, 0.2) is 23.4 Å². The Bertz CT molecular complexity index is 1280. The van der Waals surface area contributed by atoms with Crippen LogP contribution in [0, 0.1) is 20.8 Å². The SMILES string of the molecule is CCn1c(COc2ccc(C)cc2C)nnc1SCC(=O)Nc1sc(C(=O)OC)c(C)c1C(=O)OC. The number of carbonyl (C=O) groups excluding carboxylic acids is 3. The molecule has 2 heterocycles. The molecule has 36 heavy (non-hydrogen) atoms. The van der Waals surface area contributed by atoms with Gasteiger partial charge in [-0.1, -0.05) is 29.5 Å². The summed E-state index contributed by atoms with van der Waals surface area (Å²) in [5.41, 5.74) is 2.71. The van der Waals surface area contributed by atoms with E-state index < -0.39 is 11.9 Å². The Morgan fingerprint density at radius 3 is 2.44 bits per heavy atom. The molecule has 2 aromatic heterocycles. The fraction of sp³-hybridized carbons (Fsp3) is 0.375. The molecule has 0 aliphatic rings. The van der Waals surface area contributed by atoms with E-state index in [4.69, 9.17) is 14.2 Å². The van der Waals surface area contributed by atoms with Crippen LogP contribution in [0.25, 0.3) is 0 Å². The number of hydrogen-bond donors (Lipinski definition) is 1. The lowest BCUT2D eigenvalue weighted by Gasteiger charge is -2.11. The molecule has 0 radical (unpaired) electrons. The molecule has 12 heteroatoms. The second kappa shape index (κ2) is 12.0. The first kappa shape index (κ1) is 27.2. The molecule has 0 spiro atoms. The third kappa shape index (κ3) is 6.05. The molecular weight excluding hydrogens is 504 g/mol. The summed E-state index contributed by atoms with van der Waals surface area (Å²) in [6.07, 6.45) is 0. The van der Waals surface area contributed by atoms with Gasteiger partial charge in [-0.2, -0.15) is 0 Å². The van der Waals surface area contributed by atoms with Gasteiger partial charge in [0.25, 0.3) is 0 Å². The van der Waals surface area contributed by atoms with Crippen LogP contribution in [-0.2, 0) is 27.4 Å². The Labute approximate surface area is 217 Å². The monoisotopic (exact) mass is 532 g/mol. The van der Waals surface area contributed by atoms with Gasteiger partial charge in [-0.3, -0.25) is 4.79 Å². The number of nitrogens with one attached hydrogen (secondary N) is 1. The highest BCUT2D eigenvalue weighted by Gasteiger charge is 2.27. The number of thioether (sulfide) groups is 1. The molecule has 10 nitrogen and oxygen atoms in total. The summed E-state index contributed by atoms with van der Waals surface area (Å²) in [7, 11) is 2.48. The Kier molecular flexibility index (Phi) is 9.10. The van der Waals surface area contributed by atoms with Gasteiger partial charge in [0.2, 0.25) is 5.91 Å². The molecule has 1 amide bonds. The summed E-state index contributed by atoms with van der Waals surface area (Å²) < 4.78 is 17.4. The van der Waals surface area contributed by atoms with Gasteiger partial charge in [0, 0.05) is 6.54 Å². The Balaban J connectivity index is 1.68. The first-order valence-corrected chi connectivity index (χ1v) is 12.8. The number of aryl methyl sites for hydroxylation is 2. The van der Waals surface area contributed by atoms with Crippen LogP contribution in [0.3, 0.4) is 0 Å². The van der Waals surface area contributed by atoms with Crippen molar-refractivity contribution in [3.8, 4) is 5.75 Å². The van der Waals surface area contributed by atoms with Gasteiger partial charge in [0.05, 0.1) is 25.5 Å². The van der Waals surface area contributed by atoms with Crippen LogP contribution >= 0.6 is 23.1 Å². The maximum atomic E-state index is 12.7. The molecular formula is C24H28N4O6S2. The van der Waals surface area contributed by atoms with E-state index in [-0.39, 0.29) is 33.7 Å². The van der Waals surface area contributed by atoms with Crippen molar-refractivity contribution in [2.45, 2.75) is 46.0 Å². The van der Waals surface area contributed by atoms with Crippen LogP contribution in [0.2, 0.25) is 0 Å². The molecule has 0 saturated heterocycles. The highest BCUT2D eigenvalue weighted by atomic mass is 32.2. The lowest BCUT2D eigenvalue weighted by Crippen LogP contribution is -2.16. The summed E-state index contributed by atoms with van der Waals surface area (Å²) in [5.74, 6) is -0.184. The van der Waals surface area contributed by atoms with E-state index in [9.17, 15) is 14.4 Å². The number of aromatic nitrogens is 3. The third-order valence-electron chi connectivity index (χ3n) is 5.29. The van der Waals surface area contributed by atoms with Crippen molar-refractivity contribution in [2.24, 2.45) is 0 Å². The number of hydrogen-bond acceptors (Lipinski definition) is 10. The van der Waals surface area contributed by atoms with Crippen molar-refractivity contribution in [2.75, 3.05) is 25.3 Å². The maximum absolute atomic E-state index is 12.7. The van der Waals surface area contributed by atoms with E-state index in [1.165, 1.54) is 26.0 Å². The summed E-state index contributed by atoms with van der Waals surface area (Å²) in [6, 6.07) is 5.97. The van der Waals surface area contributed by atoms with E-state index in [0.29, 0.717) is 23.1 Å². The summed E-state index contributed by atoms with van der Waals surface area (Å²) in [6.45, 7) is 8.41. The standard InChI is InChI=1S/C24H28N4O6S2/c1-7-28-17(11-34-16-9-8-13(2)10-14(16)3)26-27-24(28)35-12-18(29)25-21-19(22(30)32-5)15(4)20(36-21)23(31)33-6/h8-10H,7,11-12H2,1-6H3,(H,25,29). The molecule has 1 aromatic carbocycles. The van der Waals surface area contributed by atoms with Crippen molar-refractivity contribution in [3.05, 3.63) is 51.2 Å². The van der Waals surface area contributed by atoms with Crippen molar-refractivity contribution >= 4 is 45.9 Å². The number of amides is 1. The van der Waals surface area contributed by atoms with Crippen molar-refractivity contribution < 1.29 is 28.6 Å². The number of rotatable bonds is 10. The van der Waals surface area contributed by atoms with E-state index in [1.807, 2.05) is 37.5 Å². The van der Waals surface area contributed by atoms with E-state index >= 15 is 0 Å². The van der Waals surface area contributed by atoms with Gasteiger partial charge < -0.3 is 24.1 Å². The van der Waals surface area contributed by atoms with Gasteiger partial charge in [-0.05, 0) is 44.9 Å². The average molecular weight is 533 g/mol. The van der Waals surface area contributed by atoms with Crippen LogP contribution in [0.5, 0.6) is 5.75 Å². The molecule has 0 unspecified atom stereocenters. The number of nitrogens with zero attached hydrogens (tertiary/aromatic N) is 3. The second-order valence-corrected chi connectivity index (χ2v) is 9.74. The van der Waals surface area contributed by atoms with E-state index in [0.717, 1.165) is 28.2 Å². The van der Waals surface area contributed by atoms with Gasteiger partial charge in [0.15, 0.2) is 11.0 Å². The first-order valence-electron chi connectivity index (χ1n) is 11.0. The van der Waals surface area contributed by atoms with Crippen LogP contribution in [0.4, 0.5) is 5.00 Å². The summed E-state index contributed by atoms with van der Waals surface area (Å²) in [4.78, 5) is 37.3. The number of methoxy groups -OCH3 is 2. The number of esters is 2. The molecule has 0 saturated carbocycles. The summed E-state index contributed by atoms with van der Waals surface area (Å²) in [5, 5.41) is 11.9. The topological polar surface area (TPSA) is 122 Å². The van der Waals surface area contributed by atoms with Crippen LogP contribution in [-0.4, -0.2) is 52.6 Å². The highest BCUT2D eigenvalue weighted by Crippen LogP contribution is 2.34. The largest absolute Gasteiger partial charge is 0.485 e. The number of anilines is 1. The van der Waals surface area contributed by atoms with Gasteiger partial charge in [-0.15, -0.1) is 21.5 Å². The maximum Gasteiger partial charge on any atom is 0.348 e. The Hall–Kier alpha value is -3.38. The highest BCUT2D eigenvalue weighted by molar-refractivity contribution is 7.99. The fourth-order valence-corrected chi connectivity index (χ4v) is 5.43. The van der Waals surface area contributed by atoms with Crippen molar-refractivity contribution in [1.82, 2.24) is 14.8 Å². The Morgan fingerprint density at radius 1 is 1.08 bits per heavy atom. The number of benzene rings is 1. The minimum atomic E-state index is -0.652. The lowest BCUT2D eigenvalue weighted by molar-refractivity contribution is -0.113. The average Bonchev–Trinajstić information content (AvgIpc) is 3.40. The zero-order chi connectivity index (χ0) is 26.4. The lowest BCUT2D eigenvalue weighted by atomic mass is 10.1. The molecule has 0 atom stereocenters.